The molecule has 0 atom stereocenters. The predicted molar refractivity (Wildman–Crippen MR) is 72.4 cm³/mol. The molecule has 0 aromatic carbocycles. The molecule has 1 heterocycles. The first-order valence-electron chi connectivity index (χ1n) is 5.61. The van der Waals surface area contributed by atoms with Crippen molar-refractivity contribution in [3.8, 4) is 0 Å². The molecule has 2 amide bonds. The molecule has 1 aromatic rings. The average molecular weight is 284 g/mol. The SMILES string of the molecule is CC(=O)Nc1ccc(C(=O)NC(C)(C)CC(=O)O)s1. The number of carbonyl (C=O) groups is 3. The lowest BCUT2D eigenvalue weighted by atomic mass is 10.0. The van der Waals surface area contributed by atoms with Crippen molar-refractivity contribution in [1.29, 1.82) is 0 Å². The Morgan fingerprint density at radius 3 is 2.47 bits per heavy atom. The number of carboxylic acid groups (broad SMARTS) is 1. The Balaban J connectivity index is 2.70. The lowest BCUT2D eigenvalue weighted by Gasteiger charge is -2.23. The van der Waals surface area contributed by atoms with Crippen LogP contribution >= 0.6 is 11.3 Å². The highest BCUT2D eigenvalue weighted by atomic mass is 32.1. The molecule has 0 aliphatic rings. The smallest absolute Gasteiger partial charge is 0.305 e. The number of amides is 2. The molecule has 0 saturated heterocycles. The molecule has 0 saturated carbocycles. The molecular weight excluding hydrogens is 268 g/mol. The minimum absolute atomic E-state index is 0.164. The van der Waals surface area contributed by atoms with Crippen LogP contribution in [0.2, 0.25) is 0 Å². The summed E-state index contributed by atoms with van der Waals surface area (Å²) in [7, 11) is 0. The molecule has 19 heavy (non-hydrogen) atoms. The Bertz CT molecular complexity index is 508. The van der Waals surface area contributed by atoms with Crippen LogP contribution in [0.5, 0.6) is 0 Å². The molecule has 0 unspecified atom stereocenters. The van der Waals surface area contributed by atoms with Gasteiger partial charge in [0.05, 0.1) is 16.3 Å². The topological polar surface area (TPSA) is 95.5 Å². The van der Waals surface area contributed by atoms with Crippen LogP contribution in [0.25, 0.3) is 0 Å². The molecule has 0 aliphatic carbocycles. The molecule has 0 fully saturated rings. The molecule has 7 heteroatoms. The summed E-state index contributed by atoms with van der Waals surface area (Å²) in [5, 5.41) is 14.5. The first-order chi connectivity index (χ1) is 8.69. The van der Waals surface area contributed by atoms with Gasteiger partial charge >= 0.3 is 5.97 Å². The molecule has 3 N–H and O–H groups in total. The monoisotopic (exact) mass is 284 g/mol. The second kappa shape index (κ2) is 5.83. The van der Waals surface area contributed by atoms with Gasteiger partial charge in [-0.25, -0.2) is 0 Å². The molecule has 104 valence electrons. The van der Waals surface area contributed by atoms with Crippen molar-refractivity contribution in [2.75, 3.05) is 5.32 Å². The molecular formula is C12H16N2O4S. The van der Waals surface area contributed by atoms with Gasteiger partial charge in [0.25, 0.3) is 5.91 Å². The summed E-state index contributed by atoms with van der Waals surface area (Å²) >= 11 is 1.14. The number of carboxylic acids is 1. The Morgan fingerprint density at radius 2 is 1.95 bits per heavy atom. The number of aliphatic carboxylic acids is 1. The Kier molecular flexibility index (Phi) is 4.66. The molecule has 0 aliphatic heterocycles. The van der Waals surface area contributed by atoms with Crippen LogP contribution in [-0.4, -0.2) is 28.4 Å². The van der Waals surface area contributed by atoms with E-state index in [1.54, 1.807) is 26.0 Å². The molecule has 1 rings (SSSR count). The Morgan fingerprint density at radius 1 is 1.32 bits per heavy atom. The van der Waals surface area contributed by atoms with Gasteiger partial charge in [0.1, 0.15) is 0 Å². The number of rotatable bonds is 5. The highest BCUT2D eigenvalue weighted by Crippen LogP contribution is 2.22. The van der Waals surface area contributed by atoms with Crippen LogP contribution in [-0.2, 0) is 9.59 Å². The third-order valence-electron chi connectivity index (χ3n) is 2.17. The van der Waals surface area contributed by atoms with Crippen LogP contribution in [0, 0.1) is 0 Å². The zero-order valence-corrected chi connectivity index (χ0v) is 11.8. The zero-order chi connectivity index (χ0) is 14.6. The molecule has 0 spiro atoms. The summed E-state index contributed by atoms with van der Waals surface area (Å²) in [6, 6.07) is 3.22. The van der Waals surface area contributed by atoms with Crippen LogP contribution in [0.1, 0.15) is 36.9 Å². The van der Waals surface area contributed by atoms with Gasteiger partial charge in [0, 0.05) is 12.5 Å². The third kappa shape index (κ3) is 5.09. The van der Waals surface area contributed by atoms with Crippen LogP contribution < -0.4 is 10.6 Å². The minimum atomic E-state index is -0.976. The normalized spacial score (nSPS) is 10.9. The molecule has 1 aromatic heterocycles. The van der Waals surface area contributed by atoms with Crippen molar-refractivity contribution in [1.82, 2.24) is 5.32 Å². The van der Waals surface area contributed by atoms with Crippen molar-refractivity contribution < 1.29 is 19.5 Å². The van der Waals surface area contributed by atoms with Crippen LogP contribution in [0.15, 0.2) is 12.1 Å². The molecule has 0 radical (unpaired) electrons. The first-order valence-corrected chi connectivity index (χ1v) is 6.43. The maximum atomic E-state index is 11.9. The van der Waals surface area contributed by atoms with E-state index in [0.717, 1.165) is 11.3 Å². The van der Waals surface area contributed by atoms with E-state index in [2.05, 4.69) is 10.6 Å². The van der Waals surface area contributed by atoms with Crippen molar-refractivity contribution in [2.24, 2.45) is 0 Å². The summed E-state index contributed by atoms with van der Waals surface area (Å²) in [5.74, 6) is -1.54. The van der Waals surface area contributed by atoms with Gasteiger partial charge in [-0.15, -0.1) is 11.3 Å². The average Bonchev–Trinajstić information content (AvgIpc) is 2.61. The second-order valence-electron chi connectivity index (χ2n) is 4.75. The van der Waals surface area contributed by atoms with Crippen molar-refractivity contribution in [3.63, 3.8) is 0 Å². The van der Waals surface area contributed by atoms with Gasteiger partial charge in [0.2, 0.25) is 5.91 Å². The second-order valence-corrected chi connectivity index (χ2v) is 5.84. The fourth-order valence-electron chi connectivity index (χ4n) is 1.49. The van der Waals surface area contributed by atoms with E-state index in [1.807, 2.05) is 0 Å². The summed E-state index contributed by atoms with van der Waals surface area (Å²) in [6.07, 6.45) is -0.164. The van der Waals surface area contributed by atoms with Crippen molar-refractivity contribution >= 4 is 34.1 Å². The van der Waals surface area contributed by atoms with Crippen LogP contribution in [0.3, 0.4) is 0 Å². The number of hydrogen-bond acceptors (Lipinski definition) is 4. The van der Waals surface area contributed by atoms with E-state index in [0.29, 0.717) is 9.88 Å². The number of anilines is 1. The summed E-state index contributed by atoms with van der Waals surface area (Å²) < 4.78 is 0. The predicted octanol–water partition coefficient (Wildman–Crippen LogP) is 1.69. The van der Waals surface area contributed by atoms with E-state index in [4.69, 9.17) is 5.11 Å². The largest absolute Gasteiger partial charge is 0.481 e. The number of thiophene rings is 1. The van der Waals surface area contributed by atoms with Crippen molar-refractivity contribution in [2.45, 2.75) is 32.7 Å². The number of carbonyl (C=O) groups excluding carboxylic acids is 2. The standard InChI is InChI=1S/C12H16N2O4S/c1-7(15)13-9-5-4-8(19-9)11(18)14-12(2,3)6-10(16)17/h4-5H,6H2,1-3H3,(H,13,15)(H,14,18)(H,16,17). The lowest BCUT2D eigenvalue weighted by Crippen LogP contribution is -2.44. The maximum Gasteiger partial charge on any atom is 0.305 e. The van der Waals surface area contributed by atoms with Crippen LogP contribution in [0.4, 0.5) is 5.00 Å². The molecule has 0 bridgehead atoms. The fraction of sp³-hybridized carbons (Fsp3) is 0.417. The maximum absolute atomic E-state index is 11.9. The zero-order valence-electron chi connectivity index (χ0n) is 10.9. The third-order valence-corrected chi connectivity index (χ3v) is 3.17. The van der Waals surface area contributed by atoms with Gasteiger partial charge in [0.15, 0.2) is 0 Å². The fourth-order valence-corrected chi connectivity index (χ4v) is 2.34. The van der Waals surface area contributed by atoms with E-state index < -0.39 is 11.5 Å². The Hall–Kier alpha value is -1.89. The molecule has 6 nitrogen and oxygen atoms in total. The van der Waals surface area contributed by atoms with Gasteiger partial charge < -0.3 is 15.7 Å². The summed E-state index contributed by atoms with van der Waals surface area (Å²) in [5.41, 5.74) is -0.832. The lowest BCUT2D eigenvalue weighted by molar-refractivity contribution is -0.138. The summed E-state index contributed by atoms with van der Waals surface area (Å²) in [6.45, 7) is 4.66. The highest BCUT2D eigenvalue weighted by molar-refractivity contribution is 7.18. The van der Waals surface area contributed by atoms with Gasteiger partial charge in [-0.3, -0.25) is 14.4 Å². The van der Waals surface area contributed by atoms with Gasteiger partial charge in [-0.2, -0.15) is 0 Å². The van der Waals surface area contributed by atoms with Gasteiger partial charge in [-0.05, 0) is 26.0 Å². The Labute approximate surface area is 114 Å². The van der Waals surface area contributed by atoms with E-state index in [-0.39, 0.29) is 18.2 Å². The van der Waals surface area contributed by atoms with Crippen molar-refractivity contribution in [3.05, 3.63) is 17.0 Å². The van der Waals surface area contributed by atoms with Gasteiger partial charge in [-0.1, -0.05) is 0 Å². The van der Waals surface area contributed by atoms with E-state index in [1.165, 1.54) is 6.92 Å². The van der Waals surface area contributed by atoms with E-state index >= 15 is 0 Å². The minimum Gasteiger partial charge on any atom is -0.481 e. The summed E-state index contributed by atoms with van der Waals surface area (Å²) in [4.78, 5) is 33.9. The number of hydrogen-bond donors (Lipinski definition) is 3. The first kappa shape index (κ1) is 15.2. The quantitative estimate of drug-likeness (QED) is 0.766. The highest BCUT2D eigenvalue weighted by Gasteiger charge is 2.25. The number of nitrogens with one attached hydrogen (secondary N) is 2. The van der Waals surface area contributed by atoms with E-state index in [9.17, 15) is 14.4 Å².